The minimum Gasteiger partial charge on any atom is -0.316 e. The van der Waals surface area contributed by atoms with E-state index in [1.165, 1.54) is 22.5 Å². The molecule has 2 rings (SSSR count). The number of sulfonamides is 1. The van der Waals surface area contributed by atoms with Crippen molar-refractivity contribution < 1.29 is 12.8 Å². The van der Waals surface area contributed by atoms with Gasteiger partial charge in [-0.25, -0.2) is 12.8 Å². The Morgan fingerprint density at radius 3 is 2.86 bits per heavy atom. The van der Waals surface area contributed by atoms with Crippen molar-refractivity contribution in [1.82, 2.24) is 9.62 Å². The van der Waals surface area contributed by atoms with Gasteiger partial charge in [0.1, 0.15) is 5.82 Å². The third kappa shape index (κ3) is 3.62. The van der Waals surface area contributed by atoms with Gasteiger partial charge in [0.25, 0.3) is 0 Å². The predicted octanol–water partition coefficient (Wildman–Crippen LogP) is 2.36. The van der Waals surface area contributed by atoms with Gasteiger partial charge in [0.15, 0.2) is 0 Å². The molecule has 1 aromatic carbocycles. The minimum absolute atomic E-state index is 0.186. The quantitative estimate of drug-likeness (QED) is 0.877. The van der Waals surface area contributed by atoms with Gasteiger partial charge >= 0.3 is 0 Å². The summed E-state index contributed by atoms with van der Waals surface area (Å²) < 4.78 is 40.4. The summed E-state index contributed by atoms with van der Waals surface area (Å²) >= 11 is 0. The van der Waals surface area contributed by atoms with Crippen LogP contribution in [-0.2, 0) is 16.6 Å². The predicted molar refractivity (Wildman–Crippen MR) is 80.9 cm³/mol. The van der Waals surface area contributed by atoms with Crippen molar-refractivity contribution in [3.05, 3.63) is 29.6 Å². The molecule has 4 nitrogen and oxygen atoms in total. The number of hydrogen-bond acceptors (Lipinski definition) is 3. The lowest BCUT2D eigenvalue weighted by molar-refractivity contribution is 0.444. The highest BCUT2D eigenvalue weighted by atomic mass is 32.2. The number of nitrogens with zero attached hydrogens (tertiary/aromatic N) is 1. The third-order valence-corrected chi connectivity index (χ3v) is 5.83. The Labute approximate surface area is 126 Å². The Bertz CT molecular complexity index is 589. The topological polar surface area (TPSA) is 49.4 Å². The van der Waals surface area contributed by atoms with E-state index in [9.17, 15) is 12.8 Å². The van der Waals surface area contributed by atoms with E-state index in [1.54, 1.807) is 7.05 Å². The molecule has 0 bridgehead atoms. The van der Waals surface area contributed by atoms with Crippen molar-refractivity contribution >= 4 is 10.0 Å². The molecule has 6 heteroatoms. The maximum Gasteiger partial charge on any atom is 0.243 e. The van der Waals surface area contributed by atoms with Crippen molar-refractivity contribution in [2.24, 2.45) is 5.92 Å². The van der Waals surface area contributed by atoms with E-state index in [0.29, 0.717) is 31.1 Å². The average molecular weight is 314 g/mol. The molecule has 0 aromatic heterocycles. The van der Waals surface area contributed by atoms with Gasteiger partial charge in [0, 0.05) is 25.2 Å². The number of halogens is 1. The normalized spacial score (nSPS) is 20.0. The first-order valence-corrected chi connectivity index (χ1v) is 8.86. The summed E-state index contributed by atoms with van der Waals surface area (Å²) in [6.45, 7) is 3.56. The molecule has 0 aliphatic carbocycles. The Morgan fingerprint density at radius 2 is 2.19 bits per heavy atom. The highest BCUT2D eigenvalue weighted by Crippen LogP contribution is 2.27. The summed E-state index contributed by atoms with van der Waals surface area (Å²) in [5.74, 6) is 0.0654. The fourth-order valence-electron chi connectivity index (χ4n) is 2.85. The first kappa shape index (κ1) is 16.4. The largest absolute Gasteiger partial charge is 0.316 e. The lowest BCUT2D eigenvalue weighted by Crippen LogP contribution is -2.29. The molecule has 1 aromatic rings. The third-order valence-electron chi connectivity index (χ3n) is 3.97. The van der Waals surface area contributed by atoms with E-state index in [4.69, 9.17) is 0 Å². The monoisotopic (exact) mass is 314 g/mol. The van der Waals surface area contributed by atoms with Gasteiger partial charge in [-0.2, -0.15) is 4.31 Å². The van der Waals surface area contributed by atoms with Crippen LogP contribution in [0.25, 0.3) is 0 Å². The van der Waals surface area contributed by atoms with Crippen LogP contribution in [-0.4, -0.2) is 32.9 Å². The van der Waals surface area contributed by atoms with Crippen molar-refractivity contribution in [2.45, 2.75) is 37.6 Å². The van der Waals surface area contributed by atoms with Crippen molar-refractivity contribution in [3.63, 3.8) is 0 Å². The fraction of sp³-hybridized carbons (Fsp3) is 0.600. The van der Waals surface area contributed by atoms with E-state index < -0.39 is 10.0 Å². The van der Waals surface area contributed by atoms with Crippen LogP contribution in [0.1, 0.15) is 31.7 Å². The highest BCUT2D eigenvalue weighted by molar-refractivity contribution is 7.89. The van der Waals surface area contributed by atoms with Crippen molar-refractivity contribution in [2.75, 3.05) is 20.1 Å². The summed E-state index contributed by atoms with van der Waals surface area (Å²) in [4.78, 5) is 0.186. The molecule has 0 radical (unpaired) electrons. The molecule has 1 saturated heterocycles. The van der Waals surface area contributed by atoms with E-state index in [2.05, 4.69) is 12.2 Å². The van der Waals surface area contributed by atoms with Crippen LogP contribution in [0, 0.1) is 11.7 Å². The Balaban J connectivity index is 2.22. The lowest BCUT2D eigenvalue weighted by Gasteiger charge is -2.17. The van der Waals surface area contributed by atoms with Crippen LogP contribution in [0.2, 0.25) is 0 Å². The van der Waals surface area contributed by atoms with Crippen LogP contribution in [0.4, 0.5) is 4.39 Å². The second-order valence-electron chi connectivity index (χ2n) is 5.59. The molecule has 1 aliphatic rings. The summed E-state index contributed by atoms with van der Waals surface area (Å²) in [5, 5.41) is 2.85. The molecule has 21 heavy (non-hydrogen) atoms. The maximum atomic E-state index is 13.6. The van der Waals surface area contributed by atoms with Gasteiger partial charge in [-0.3, -0.25) is 0 Å². The summed E-state index contributed by atoms with van der Waals surface area (Å²) in [6.07, 6.45) is 3.04. The zero-order valence-corrected chi connectivity index (χ0v) is 13.4. The molecule has 0 saturated carbocycles. The van der Waals surface area contributed by atoms with E-state index in [1.807, 2.05) is 0 Å². The SMILES string of the molecule is CCCC1CCN(S(=O)(=O)c2ccc(F)c(CNC)c2)C1. The molecule has 1 aliphatic heterocycles. The molecule has 1 unspecified atom stereocenters. The first-order chi connectivity index (χ1) is 9.98. The molecule has 1 atom stereocenters. The van der Waals surface area contributed by atoms with Crippen LogP contribution in [0.15, 0.2) is 23.1 Å². The second-order valence-corrected chi connectivity index (χ2v) is 7.53. The maximum absolute atomic E-state index is 13.6. The van der Waals surface area contributed by atoms with Gasteiger partial charge in [0.05, 0.1) is 4.90 Å². The molecule has 1 fully saturated rings. The summed E-state index contributed by atoms with van der Waals surface area (Å²) in [6, 6.07) is 4.03. The second kappa shape index (κ2) is 6.85. The molecule has 1 heterocycles. The molecular weight excluding hydrogens is 291 g/mol. The van der Waals surface area contributed by atoms with Gasteiger partial charge in [-0.05, 0) is 44.0 Å². The minimum atomic E-state index is -3.51. The number of rotatable bonds is 6. The van der Waals surface area contributed by atoms with E-state index >= 15 is 0 Å². The molecule has 118 valence electrons. The number of benzene rings is 1. The Hall–Kier alpha value is -0.980. The van der Waals surface area contributed by atoms with Crippen LogP contribution in [0.5, 0.6) is 0 Å². The van der Waals surface area contributed by atoms with Gasteiger partial charge in [-0.15, -0.1) is 0 Å². The number of hydrogen-bond donors (Lipinski definition) is 1. The van der Waals surface area contributed by atoms with Gasteiger partial charge in [0.2, 0.25) is 10.0 Å². The zero-order valence-electron chi connectivity index (χ0n) is 12.6. The molecular formula is C15H23FN2O2S. The van der Waals surface area contributed by atoms with E-state index in [-0.39, 0.29) is 10.7 Å². The average Bonchev–Trinajstić information content (AvgIpc) is 2.91. The van der Waals surface area contributed by atoms with E-state index in [0.717, 1.165) is 19.3 Å². The number of nitrogens with one attached hydrogen (secondary N) is 1. The summed E-state index contributed by atoms with van der Waals surface area (Å²) in [7, 11) is -1.80. The molecule has 0 spiro atoms. The standard InChI is InChI=1S/C15H23FN2O2S/c1-3-4-12-7-8-18(11-12)21(19,20)14-5-6-15(16)13(9-14)10-17-2/h5-6,9,12,17H,3-4,7-8,10-11H2,1-2H3. The van der Waals surface area contributed by atoms with Crippen LogP contribution < -0.4 is 5.32 Å². The van der Waals surface area contributed by atoms with Crippen LogP contribution >= 0.6 is 0 Å². The molecule has 0 amide bonds. The van der Waals surface area contributed by atoms with Gasteiger partial charge in [-0.1, -0.05) is 13.3 Å². The smallest absolute Gasteiger partial charge is 0.243 e. The lowest BCUT2D eigenvalue weighted by atomic mass is 10.0. The van der Waals surface area contributed by atoms with Crippen molar-refractivity contribution in [3.8, 4) is 0 Å². The fourth-order valence-corrected chi connectivity index (χ4v) is 4.43. The van der Waals surface area contributed by atoms with Gasteiger partial charge < -0.3 is 5.32 Å². The van der Waals surface area contributed by atoms with Crippen molar-refractivity contribution in [1.29, 1.82) is 0 Å². The molecule has 1 N–H and O–H groups in total. The Kier molecular flexibility index (Phi) is 5.35. The zero-order chi connectivity index (χ0) is 15.5. The highest BCUT2D eigenvalue weighted by Gasteiger charge is 2.32. The first-order valence-electron chi connectivity index (χ1n) is 7.42. The van der Waals surface area contributed by atoms with Crippen LogP contribution in [0.3, 0.4) is 0 Å². The Morgan fingerprint density at radius 1 is 1.43 bits per heavy atom. The summed E-state index contributed by atoms with van der Waals surface area (Å²) in [5.41, 5.74) is 0.378.